The van der Waals surface area contributed by atoms with Crippen LogP contribution in [-0.2, 0) is 5.88 Å². The van der Waals surface area contributed by atoms with Crippen LogP contribution in [-0.4, -0.2) is 12.0 Å². The first-order valence-electron chi connectivity index (χ1n) is 9.15. The van der Waals surface area contributed by atoms with Gasteiger partial charge in [-0.2, -0.15) is 13.2 Å². The lowest BCUT2D eigenvalue weighted by atomic mass is 9.75. The molecule has 1 aliphatic carbocycles. The first-order chi connectivity index (χ1) is 13.0. The van der Waals surface area contributed by atoms with Crippen LogP contribution in [0.1, 0.15) is 60.5 Å². The minimum atomic E-state index is -5.01. The lowest BCUT2D eigenvalue weighted by Crippen LogP contribution is -2.22. The number of hydrogen-bond acceptors (Lipinski definition) is 1. The van der Waals surface area contributed by atoms with Crippen molar-refractivity contribution >= 4 is 17.4 Å². The number of benzene rings is 2. The third-order valence-electron chi connectivity index (χ3n) is 5.68. The van der Waals surface area contributed by atoms with Gasteiger partial charge in [0.15, 0.2) is 0 Å². The van der Waals surface area contributed by atoms with Crippen LogP contribution < -0.4 is 0 Å². The van der Waals surface area contributed by atoms with Crippen LogP contribution in [0.25, 0.3) is 11.1 Å². The molecule has 2 aromatic carbocycles. The van der Waals surface area contributed by atoms with E-state index in [2.05, 4.69) is 13.8 Å². The minimum Gasteiger partial charge on any atom is -0.284 e. The fraction of sp³-hybridized carbons (Fsp3) is 0.409. The van der Waals surface area contributed by atoms with Crippen molar-refractivity contribution in [2.75, 3.05) is 0 Å². The standard InChI is InChI=1S/C22H21ClF4O/c1-21(2)9-3-4-18(21)16-10-13(12-23)5-7-15(16)17-11-14(6-8-19(17)24)20(28)22(25,26)27/h5-8,10-11,18H,3-4,9,12H2,1-2H3/t18-/m1/s1. The summed E-state index contributed by atoms with van der Waals surface area (Å²) >= 11 is 5.98. The van der Waals surface area contributed by atoms with E-state index in [0.29, 0.717) is 5.56 Å². The number of hydrogen-bond donors (Lipinski definition) is 0. The Kier molecular flexibility index (Phi) is 5.59. The molecule has 0 saturated heterocycles. The molecule has 0 radical (unpaired) electrons. The Bertz CT molecular complexity index is 902. The SMILES string of the molecule is CC1(C)CCC[C@@H]1c1cc(CCl)ccc1-c1cc(C(=O)C(F)(F)F)ccc1F. The van der Waals surface area contributed by atoms with Gasteiger partial charge in [0.2, 0.25) is 0 Å². The number of carbonyl (C=O) groups excluding carboxylic acids is 1. The maximum absolute atomic E-state index is 14.6. The molecule has 150 valence electrons. The molecule has 1 fully saturated rings. The second-order valence-electron chi connectivity index (χ2n) is 8.01. The number of Topliss-reactive ketones (excluding diaryl/α,β-unsaturated/α-hetero) is 1. The summed E-state index contributed by atoms with van der Waals surface area (Å²) in [4.78, 5) is 11.6. The van der Waals surface area contributed by atoms with Gasteiger partial charge in [-0.1, -0.05) is 38.5 Å². The Balaban J connectivity index is 2.17. The molecule has 0 aromatic heterocycles. The Hall–Kier alpha value is -1.88. The van der Waals surface area contributed by atoms with Crippen molar-refractivity contribution in [3.8, 4) is 11.1 Å². The summed E-state index contributed by atoms with van der Waals surface area (Å²) in [7, 11) is 0. The van der Waals surface area contributed by atoms with Crippen molar-refractivity contribution in [3.63, 3.8) is 0 Å². The number of halogens is 5. The highest BCUT2D eigenvalue weighted by atomic mass is 35.5. The topological polar surface area (TPSA) is 17.1 Å². The Labute approximate surface area is 166 Å². The summed E-state index contributed by atoms with van der Waals surface area (Å²) in [5.41, 5.74) is 1.68. The highest BCUT2D eigenvalue weighted by Gasteiger charge is 2.40. The zero-order valence-electron chi connectivity index (χ0n) is 15.7. The minimum absolute atomic E-state index is 0.00826. The van der Waals surface area contributed by atoms with E-state index in [1.165, 1.54) is 0 Å². The second-order valence-corrected chi connectivity index (χ2v) is 8.28. The molecule has 3 rings (SSSR count). The van der Waals surface area contributed by atoms with Gasteiger partial charge in [-0.25, -0.2) is 4.39 Å². The van der Waals surface area contributed by atoms with E-state index in [9.17, 15) is 22.4 Å². The molecule has 6 heteroatoms. The third kappa shape index (κ3) is 3.95. The highest BCUT2D eigenvalue weighted by Crippen LogP contribution is 2.51. The van der Waals surface area contributed by atoms with Crippen molar-refractivity contribution in [1.29, 1.82) is 0 Å². The van der Waals surface area contributed by atoms with Gasteiger partial charge in [0.1, 0.15) is 5.82 Å². The van der Waals surface area contributed by atoms with E-state index >= 15 is 0 Å². The summed E-state index contributed by atoms with van der Waals surface area (Å²) in [5.74, 6) is -2.22. The quantitative estimate of drug-likeness (QED) is 0.293. The molecule has 0 unspecified atom stereocenters. The summed E-state index contributed by atoms with van der Waals surface area (Å²) in [6.07, 6.45) is -2.06. The van der Waals surface area contributed by atoms with Gasteiger partial charge in [0.05, 0.1) is 0 Å². The monoisotopic (exact) mass is 412 g/mol. The fourth-order valence-corrected chi connectivity index (χ4v) is 4.33. The lowest BCUT2D eigenvalue weighted by molar-refractivity contribution is -0.0885. The lowest BCUT2D eigenvalue weighted by Gasteiger charge is -2.30. The van der Waals surface area contributed by atoms with Gasteiger partial charge >= 0.3 is 6.18 Å². The maximum atomic E-state index is 14.6. The summed E-state index contributed by atoms with van der Waals surface area (Å²) in [5, 5.41) is 0. The van der Waals surface area contributed by atoms with Crippen LogP contribution in [0.4, 0.5) is 17.6 Å². The van der Waals surface area contributed by atoms with Crippen molar-refractivity contribution in [1.82, 2.24) is 0 Å². The molecule has 0 N–H and O–H groups in total. The van der Waals surface area contributed by atoms with E-state index in [4.69, 9.17) is 11.6 Å². The van der Waals surface area contributed by atoms with Crippen LogP contribution in [0.15, 0.2) is 36.4 Å². The molecule has 1 atom stereocenters. The van der Waals surface area contributed by atoms with Crippen molar-refractivity contribution in [2.24, 2.45) is 5.41 Å². The van der Waals surface area contributed by atoms with Crippen molar-refractivity contribution in [2.45, 2.75) is 51.1 Å². The van der Waals surface area contributed by atoms with E-state index in [1.54, 1.807) is 12.1 Å². The molecule has 1 saturated carbocycles. The fourth-order valence-electron chi connectivity index (χ4n) is 4.17. The zero-order chi connectivity index (χ0) is 20.7. The van der Waals surface area contributed by atoms with Crippen molar-refractivity contribution < 1.29 is 22.4 Å². The number of rotatable bonds is 4. The van der Waals surface area contributed by atoms with Crippen LogP contribution in [0.2, 0.25) is 0 Å². The van der Waals surface area contributed by atoms with E-state index < -0.39 is 23.3 Å². The maximum Gasteiger partial charge on any atom is 0.454 e. The molecule has 28 heavy (non-hydrogen) atoms. The second kappa shape index (κ2) is 7.51. The third-order valence-corrected chi connectivity index (χ3v) is 5.99. The summed E-state index contributed by atoms with van der Waals surface area (Å²) < 4.78 is 53.1. The van der Waals surface area contributed by atoms with Gasteiger partial charge in [0.25, 0.3) is 5.78 Å². The predicted molar refractivity (Wildman–Crippen MR) is 102 cm³/mol. The smallest absolute Gasteiger partial charge is 0.284 e. The van der Waals surface area contributed by atoms with Crippen LogP contribution >= 0.6 is 11.6 Å². The number of carbonyl (C=O) groups is 1. The van der Waals surface area contributed by atoms with Gasteiger partial charge in [-0.3, -0.25) is 4.79 Å². The molecule has 0 spiro atoms. The normalized spacial score (nSPS) is 19.0. The highest BCUT2D eigenvalue weighted by molar-refractivity contribution is 6.17. The average molecular weight is 413 g/mol. The molecule has 0 heterocycles. The summed E-state index contributed by atoms with van der Waals surface area (Å²) in [6.45, 7) is 4.28. The molecule has 1 nitrogen and oxygen atoms in total. The summed E-state index contributed by atoms with van der Waals surface area (Å²) in [6, 6.07) is 8.16. The molecule has 0 amide bonds. The zero-order valence-corrected chi connectivity index (χ0v) is 16.4. The van der Waals surface area contributed by atoms with E-state index in [-0.39, 0.29) is 22.8 Å². The Morgan fingerprint density at radius 1 is 1.14 bits per heavy atom. The van der Waals surface area contributed by atoms with Crippen LogP contribution in [0.3, 0.4) is 0 Å². The van der Waals surface area contributed by atoms with Crippen molar-refractivity contribution in [3.05, 3.63) is 58.9 Å². The largest absolute Gasteiger partial charge is 0.454 e. The van der Waals surface area contributed by atoms with Gasteiger partial charge < -0.3 is 0 Å². The molecular formula is C22H21ClF4O. The van der Waals surface area contributed by atoms with Gasteiger partial charge in [-0.15, -0.1) is 11.6 Å². The Morgan fingerprint density at radius 3 is 2.43 bits per heavy atom. The molecular weight excluding hydrogens is 392 g/mol. The molecule has 0 bridgehead atoms. The molecule has 2 aromatic rings. The number of alkyl halides is 4. The van der Waals surface area contributed by atoms with E-state index in [0.717, 1.165) is 48.6 Å². The van der Waals surface area contributed by atoms with E-state index in [1.807, 2.05) is 6.07 Å². The van der Waals surface area contributed by atoms with Gasteiger partial charge in [-0.05, 0) is 59.1 Å². The first-order valence-corrected chi connectivity index (χ1v) is 9.68. The molecule has 0 aliphatic heterocycles. The average Bonchev–Trinajstić information content (AvgIpc) is 2.99. The predicted octanol–water partition coefficient (Wildman–Crippen LogP) is 7.27. The van der Waals surface area contributed by atoms with Crippen LogP contribution in [0, 0.1) is 11.2 Å². The Morgan fingerprint density at radius 2 is 1.86 bits per heavy atom. The van der Waals surface area contributed by atoms with Gasteiger partial charge in [0, 0.05) is 17.0 Å². The molecule has 1 aliphatic rings. The first kappa shape index (κ1) is 20.8. The number of ketones is 1. The van der Waals surface area contributed by atoms with Crippen LogP contribution in [0.5, 0.6) is 0 Å².